The largest absolute Gasteiger partial charge is 0.507 e. The first-order valence-electron chi connectivity index (χ1n) is 9.54. The molecule has 1 aliphatic heterocycles. The van der Waals surface area contributed by atoms with Crippen LogP contribution in [0.1, 0.15) is 17.4 Å². The second-order valence-electron chi connectivity index (χ2n) is 7.05. The predicted molar refractivity (Wildman–Crippen MR) is 114 cm³/mol. The Bertz CT molecular complexity index is 1280. The molecule has 0 spiro atoms. The molecule has 2 heterocycles. The number of fused-ring (bicyclic) bond motifs is 1. The fourth-order valence-corrected chi connectivity index (χ4v) is 3.97. The van der Waals surface area contributed by atoms with Crippen molar-refractivity contribution in [2.24, 2.45) is 0 Å². The quantitative estimate of drug-likeness (QED) is 0.299. The van der Waals surface area contributed by atoms with Crippen LogP contribution in [0.2, 0.25) is 0 Å². The van der Waals surface area contributed by atoms with Gasteiger partial charge >= 0.3 is 0 Å². The van der Waals surface area contributed by atoms with Gasteiger partial charge in [-0.05, 0) is 23.6 Å². The first kappa shape index (κ1) is 17.9. The maximum atomic E-state index is 13.2. The van der Waals surface area contributed by atoms with Crippen LogP contribution in [0.4, 0.5) is 5.69 Å². The summed E-state index contributed by atoms with van der Waals surface area (Å²) in [6, 6.07) is 24.5. The molecule has 5 rings (SSSR count). The summed E-state index contributed by atoms with van der Waals surface area (Å²) in [4.78, 5) is 27.7. The van der Waals surface area contributed by atoms with Crippen molar-refractivity contribution in [1.29, 1.82) is 0 Å². The van der Waals surface area contributed by atoms with Gasteiger partial charge in [0.2, 0.25) is 0 Å². The molecule has 1 amide bonds. The molecule has 1 aliphatic rings. The Morgan fingerprint density at radius 3 is 2.33 bits per heavy atom. The number of nitrogens with zero attached hydrogens (tertiary/aromatic N) is 1. The number of rotatable bonds is 3. The van der Waals surface area contributed by atoms with E-state index in [0.29, 0.717) is 17.0 Å². The second kappa shape index (κ2) is 7.04. The van der Waals surface area contributed by atoms with E-state index in [1.54, 1.807) is 42.5 Å². The first-order chi connectivity index (χ1) is 14.7. The van der Waals surface area contributed by atoms with E-state index >= 15 is 0 Å². The maximum absolute atomic E-state index is 13.2. The number of aliphatic hydroxyl groups excluding tert-OH is 1. The van der Waals surface area contributed by atoms with E-state index in [0.717, 1.165) is 10.8 Å². The second-order valence-corrected chi connectivity index (χ2v) is 7.05. The zero-order valence-corrected chi connectivity index (χ0v) is 15.9. The van der Waals surface area contributed by atoms with Crippen molar-refractivity contribution in [2.75, 3.05) is 4.90 Å². The van der Waals surface area contributed by atoms with Crippen LogP contribution in [0.3, 0.4) is 0 Å². The van der Waals surface area contributed by atoms with Crippen molar-refractivity contribution in [3.05, 3.63) is 108 Å². The lowest BCUT2D eigenvalue weighted by atomic mass is 9.99. The summed E-state index contributed by atoms with van der Waals surface area (Å²) in [6.45, 7) is 0. The first-order valence-corrected chi connectivity index (χ1v) is 9.54. The van der Waals surface area contributed by atoms with Crippen molar-refractivity contribution in [3.8, 4) is 0 Å². The third-order valence-electron chi connectivity index (χ3n) is 5.33. The fraction of sp³-hybridized carbons (Fsp3) is 0.0400. The average molecular weight is 395 g/mol. The Morgan fingerprint density at radius 2 is 1.57 bits per heavy atom. The number of carbonyl (C=O) groups excluding carboxylic acids is 2. The van der Waals surface area contributed by atoms with Crippen LogP contribution in [-0.4, -0.2) is 16.8 Å². The molecule has 5 nitrogen and oxygen atoms in total. The lowest BCUT2D eigenvalue weighted by molar-refractivity contribution is -0.132. The molecule has 0 bridgehead atoms. The molecule has 4 aromatic rings. The number of Topliss-reactive ketones (excluding diaryl/α,β-unsaturated/α-hetero) is 1. The lowest BCUT2D eigenvalue weighted by Crippen LogP contribution is -2.29. The van der Waals surface area contributed by atoms with Crippen molar-refractivity contribution in [3.63, 3.8) is 0 Å². The number of aliphatic hydroxyl groups is 1. The molecule has 146 valence electrons. The van der Waals surface area contributed by atoms with Gasteiger partial charge in [-0.2, -0.15) is 0 Å². The number of hydrogen-bond acceptors (Lipinski definition) is 4. The normalized spacial score (nSPS) is 18.3. The number of benzene rings is 3. The number of anilines is 1. The van der Waals surface area contributed by atoms with Gasteiger partial charge in [0.1, 0.15) is 17.6 Å². The smallest absolute Gasteiger partial charge is 0.300 e. The summed E-state index contributed by atoms with van der Waals surface area (Å²) in [7, 11) is 0. The monoisotopic (exact) mass is 395 g/mol. The molecule has 1 fully saturated rings. The van der Waals surface area contributed by atoms with Gasteiger partial charge < -0.3 is 9.52 Å². The summed E-state index contributed by atoms with van der Waals surface area (Å²) in [5, 5.41) is 12.8. The molecule has 0 saturated carbocycles. The van der Waals surface area contributed by atoms with E-state index in [1.165, 1.54) is 11.2 Å². The molecule has 30 heavy (non-hydrogen) atoms. The topological polar surface area (TPSA) is 70.8 Å². The van der Waals surface area contributed by atoms with Gasteiger partial charge in [0, 0.05) is 10.9 Å². The third kappa shape index (κ3) is 2.71. The molecule has 1 atom stereocenters. The van der Waals surface area contributed by atoms with Crippen molar-refractivity contribution in [2.45, 2.75) is 6.04 Å². The van der Waals surface area contributed by atoms with Gasteiger partial charge in [0.05, 0.1) is 17.5 Å². The van der Waals surface area contributed by atoms with Crippen LogP contribution in [0, 0.1) is 0 Å². The van der Waals surface area contributed by atoms with Crippen LogP contribution in [0.5, 0.6) is 0 Å². The molecule has 5 heteroatoms. The van der Waals surface area contributed by atoms with Gasteiger partial charge in [0.15, 0.2) is 0 Å². The van der Waals surface area contributed by atoms with Crippen LogP contribution in [0.25, 0.3) is 16.5 Å². The Labute approximate surface area is 172 Å². The predicted octanol–water partition coefficient (Wildman–Crippen LogP) is 5.06. The van der Waals surface area contributed by atoms with E-state index in [-0.39, 0.29) is 11.3 Å². The van der Waals surface area contributed by atoms with Crippen LogP contribution in [0.15, 0.2) is 101 Å². The van der Waals surface area contributed by atoms with Crippen LogP contribution in [-0.2, 0) is 9.59 Å². The Kier molecular flexibility index (Phi) is 4.21. The molecule has 1 N–H and O–H groups in total. The Morgan fingerprint density at radius 1 is 0.833 bits per heavy atom. The minimum atomic E-state index is -0.869. The number of ketones is 1. The van der Waals surface area contributed by atoms with Gasteiger partial charge in [-0.3, -0.25) is 14.5 Å². The van der Waals surface area contributed by atoms with E-state index < -0.39 is 17.7 Å². The van der Waals surface area contributed by atoms with E-state index in [2.05, 4.69) is 0 Å². The number of carbonyl (C=O) groups is 2. The molecule has 1 unspecified atom stereocenters. The van der Waals surface area contributed by atoms with Gasteiger partial charge in [-0.15, -0.1) is 0 Å². The Balaban J connectivity index is 1.77. The van der Waals surface area contributed by atoms with E-state index in [1.807, 2.05) is 42.5 Å². The highest BCUT2D eigenvalue weighted by molar-refractivity contribution is 6.52. The highest BCUT2D eigenvalue weighted by atomic mass is 16.3. The minimum Gasteiger partial charge on any atom is -0.507 e. The summed E-state index contributed by atoms with van der Waals surface area (Å²) in [5.41, 5.74) is 1.06. The maximum Gasteiger partial charge on any atom is 0.300 e. The Hall–Kier alpha value is -4.12. The minimum absolute atomic E-state index is 0.00841. The van der Waals surface area contributed by atoms with Crippen molar-refractivity contribution in [1.82, 2.24) is 0 Å². The molecular weight excluding hydrogens is 378 g/mol. The van der Waals surface area contributed by atoms with Gasteiger partial charge in [-0.1, -0.05) is 66.7 Å². The van der Waals surface area contributed by atoms with Gasteiger partial charge in [-0.25, -0.2) is 0 Å². The summed E-state index contributed by atoms with van der Waals surface area (Å²) >= 11 is 0. The number of amides is 1. The van der Waals surface area contributed by atoms with E-state index in [4.69, 9.17) is 4.42 Å². The third-order valence-corrected chi connectivity index (χ3v) is 5.33. The van der Waals surface area contributed by atoms with Crippen molar-refractivity contribution < 1.29 is 19.1 Å². The molecule has 3 aromatic carbocycles. The average Bonchev–Trinajstić information content (AvgIpc) is 3.41. The summed E-state index contributed by atoms with van der Waals surface area (Å²) in [5.74, 6) is -1.27. The highest BCUT2D eigenvalue weighted by Crippen LogP contribution is 2.44. The molecule has 1 saturated heterocycles. The highest BCUT2D eigenvalue weighted by Gasteiger charge is 2.48. The van der Waals surface area contributed by atoms with Crippen molar-refractivity contribution >= 4 is 33.9 Å². The standard InChI is InChI=1S/C25H17NO4/c27-23(17-9-2-1-3-10-17)21-22(20-14-7-15-30-20)26(25(29)24(21)28)19-13-6-11-16-8-4-5-12-18(16)19/h1-15,22,27H/b23-21-. The molecule has 0 aliphatic carbocycles. The molecular formula is C25H17NO4. The number of hydrogen-bond donors (Lipinski definition) is 1. The summed E-state index contributed by atoms with van der Waals surface area (Å²) < 4.78 is 5.60. The molecule has 0 radical (unpaired) electrons. The van der Waals surface area contributed by atoms with Crippen LogP contribution >= 0.6 is 0 Å². The van der Waals surface area contributed by atoms with E-state index in [9.17, 15) is 14.7 Å². The van der Waals surface area contributed by atoms with Crippen LogP contribution < -0.4 is 4.90 Å². The fourth-order valence-electron chi connectivity index (χ4n) is 3.97. The SMILES string of the molecule is O=C1C(=O)N(c2cccc3ccccc23)C(c2ccco2)/C1=C(/O)c1ccccc1. The lowest BCUT2D eigenvalue weighted by Gasteiger charge is -2.24. The van der Waals surface area contributed by atoms with Gasteiger partial charge in [0.25, 0.3) is 11.7 Å². The number of furan rings is 1. The zero-order chi connectivity index (χ0) is 20.7. The summed E-state index contributed by atoms with van der Waals surface area (Å²) in [6.07, 6.45) is 1.49. The zero-order valence-electron chi connectivity index (χ0n) is 15.9. The molecule has 1 aromatic heterocycles.